The first-order valence-electron chi connectivity index (χ1n) is 4.98. The van der Waals surface area contributed by atoms with E-state index in [1.807, 2.05) is 11.6 Å². The van der Waals surface area contributed by atoms with Gasteiger partial charge in [-0.15, -0.1) is 11.3 Å². The summed E-state index contributed by atoms with van der Waals surface area (Å²) in [5, 5.41) is 9.98. The molecule has 0 aliphatic heterocycles. The number of nitrogens with one attached hydrogen (secondary N) is 2. The second-order valence-electron chi connectivity index (χ2n) is 3.94. The summed E-state index contributed by atoms with van der Waals surface area (Å²) < 4.78 is 0. The zero-order valence-corrected chi connectivity index (χ0v) is 9.95. The van der Waals surface area contributed by atoms with Crippen molar-refractivity contribution in [2.75, 3.05) is 13.1 Å². The van der Waals surface area contributed by atoms with Crippen LogP contribution in [0.5, 0.6) is 0 Å². The van der Waals surface area contributed by atoms with Crippen LogP contribution in [0.15, 0.2) is 11.6 Å². The Morgan fingerprint density at radius 1 is 1.50 bits per heavy atom. The standard InChI is InChI=1S/C10H19N3S/c1-4-13-10(2,3)8-11-7-9-12-5-6-14-9/h5-6,11,13H,4,7-8H2,1-3H3. The topological polar surface area (TPSA) is 37.0 Å². The summed E-state index contributed by atoms with van der Waals surface area (Å²) in [7, 11) is 0. The molecule has 14 heavy (non-hydrogen) atoms. The minimum absolute atomic E-state index is 0.159. The molecule has 0 atom stereocenters. The predicted molar refractivity (Wildman–Crippen MR) is 61.6 cm³/mol. The van der Waals surface area contributed by atoms with E-state index in [2.05, 4.69) is 36.4 Å². The molecule has 0 saturated heterocycles. The van der Waals surface area contributed by atoms with Crippen LogP contribution in [0.4, 0.5) is 0 Å². The van der Waals surface area contributed by atoms with E-state index in [9.17, 15) is 0 Å². The van der Waals surface area contributed by atoms with Crippen molar-refractivity contribution in [2.24, 2.45) is 0 Å². The molecule has 0 fully saturated rings. The molecule has 0 unspecified atom stereocenters. The first kappa shape index (κ1) is 11.6. The van der Waals surface area contributed by atoms with Crippen molar-refractivity contribution in [1.82, 2.24) is 15.6 Å². The van der Waals surface area contributed by atoms with Gasteiger partial charge in [0.25, 0.3) is 0 Å². The normalized spacial score (nSPS) is 11.9. The summed E-state index contributed by atoms with van der Waals surface area (Å²) in [6.07, 6.45) is 1.84. The van der Waals surface area contributed by atoms with Gasteiger partial charge in [-0.25, -0.2) is 4.98 Å². The minimum atomic E-state index is 0.159. The number of likely N-dealkylation sites (N-methyl/N-ethyl adjacent to an activating group) is 1. The van der Waals surface area contributed by atoms with Gasteiger partial charge in [0.1, 0.15) is 5.01 Å². The Labute approximate surface area is 89.9 Å². The molecule has 0 bridgehead atoms. The van der Waals surface area contributed by atoms with E-state index in [4.69, 9.17) is 0 Å². The quantitative estimate of drug-likeness (QED) is 0.754. The van der Waals surface area contributed by atoms with E-state index in [1.165, 1.54) is 0 Å². The number of hydrogen-bond acceptors (Lipinski definition) is 4. The number of nitrogens with zero attached hydrogens (tertiary/aromatic N) is 1. The predicted octanol–water partition coefficient (Wildman–Crippen LogP) is 1.62. The Morgan fingerprint density at radius 2 is 2.29 bits per heavy atom. The Morgan fingerprint density at radius 3 is 2.86 bits per heavy atom. The Kier molecular flexibility index (Phi) is 4.51. The van der Waals surface area contributed by atoms with Crippen molar-refractivity contribution < 1.29 is 0 Å². The summed E-state index contributed by atoms with van der Waals surface area (Å²) in [6.45, 7) is 9.36. The van der Waals surface area contributed by atoms with E-state index in [1.54, 1.807) is 11.3 Å². The maximum Gasteiger partial charge on any atom is 0.106 e. The summed E-state index contributed by atoms with van der Waals surface area (Å²) in [5.74, 6) is 0. The third-order valence-corrected chi connectivity index (χ3v) is 2.76. The molecule has 1 aromatic heterocycles. The molecular weight excluding hydrogens is 194 g/mol. The van der Waals surface area contributed by atoms with Crippen molar-refractivity contribution >= 4 is 11.3 Å². The lowest BCUT2D eigenvalue weighted by molar-refractivity contribution is 0.373. The van der Waals surface area contributed by atoms with Crippen molar-refractivity contribution in [3.8, 4) is 0 Å². The fraction of sp³-hybridized carbons (Fsp3) is 0.700. The van der Waals surface area contributed by atoms with Gasteiger partial charge in [-0.3, -0.25) is 0 Å². The van der Waals surface area contributed by atoms with Gasteiger partial charge in [0.2, 0.25) is 0 Å². The SMILES string of the molecule is CCNC(C)(C)CNCc1nccs1. The lowest BCUT2D eigenvalue weighted by atomic mass is 10.1. The van der Waals surface area contributed by atoms with Crippen molar-refractivity contribution in [3.05, 3.63) is 16.6 Å². The Bertz CT molecular complexity index is 244. The van der Waals surface area contributed by atoms with Crippen LogP contribution in [-0.2, 0) is 6.54 Å². The van der Waals surface area contributed by atoms with Crippen LogP contribution in [0.1, 0.15) is 25.8 Å². The van der Waals surface area contributed by atoms with Gasteiger partial charge in [-0.1, -0.05) is 6.92 Å². The molecule has 0 radical (unpaired) electrons. The van der Waals surface area contributed by atoms with Crippen LogP contribution < -0.4 is 10.6 Å². The molecule has 1 heterocycles. The summed E-state index contributed by atoms with van der Waals surface area (Å²) in [4.78, 5) is 4.22. The molecule has 0 saturated carbocycles. The van der Waals surface area contributed by atoms with Crippen LogP contribution in [-0.4, -0.2) is 23.6 Å². The van der Waals surface area contributed by atoms with E-state index in [0.29, 0.717) is 0 Å². The third kappa shape index (κ3) is 4.17. The molecule has 0 amide bonds. The molecule has 4 heteroatoms. The molecule has 0 aromatic carbocycles. The van der Waals surface area contributed by atoms with E-state index < -0.39 is 0 Å². The average molecular weight is 213 g/mol. The summed E-state index contributed by atoms with van der Waals surface area (Å²) in [6, 6.07) is 0. The fourth-order valence-electron chi connectivity index (χ4n) is 1.36. The molecule has 0 aliphatic carbocycles. The molecule has 1 rings (SSSR count). The first-order valence-corrected chi connectivity index (χ1v) is 5.86. The summed E-state index contributed by atoms with van der Waals surface area (Å²) >= 11 is 1.69. The fourth-order valence-corrected chi connectivity index (χ4v) is 1.95. The highest BCUT2D eigenvalue weighted by Gasteiger charge is 2.14. The van der Waals surface area contributed by atoms with Crippen LogP contribution in [0.3, 0.4) is 0 Å². The zero-order chi connectivity index (χ0) is 10.4. The van der Waals surface area contributed by atoms with Gasteiger partial charge < -0.3 is 10.6 Å². The third-order valence-electron chi connectivity index (χ3n) is 1.98. The number of rotatable bonds is 6. The highest BCUT2D eigenvalue weighted by atomic mass is 32.1. The maximum absolute atomic E-state index is 4.22. The summed E-state index contributed by atoms with van der Waals surface area (Å²) in [5.41, 5.74) is 0.159. The maximum atomic E-state index is 4.22. The zero-order valence-electron chi connectivity index (χ0n) is 9.13. The monoisotopic (exact) mass is 213 g/mol. The smallest absolute Gasteiger partial charge is 0.106 e. The molecule has 80 valence electrons. The Balaban J connectivity index is 2.20. The van der Waals surface area contributed by atoms with Gasteiger partial charge in [0.15, 0.2) is 0 Å². The van der Waals surface area contributed by atoms with E-state index in [-0.39, 0.29) is 5.54 Å². The van der Waals surface area contributed by atoms with Crippen LogP contribution in [0.2, 0.25) is 0 Å². The Hall–Kier alpha value is -0.450. The van der Waals surface area contributed by atoms with E-state index >= 15 is 0 Å². The van der Waals surface area contributed by atoms with Crippen molar-refractivity contribution in [2.45, 2.75) is 32.9 Å². The highest BCUT2D eigenvalue weighted by molar-refractivity contribution is 7.09. The first-order chi connectivity index (χ1) is 6.64. The van der Waals surface area contributed by atoms with Gasteiger partial charge in [0.05, 0.1) is 0 Å². The van der Waals surface area contributed by atoms with Crippen molar-refractivity contribution in [1.29, 1.82) is 0 Å². The second kappa shape index (κ2) is 5.44. The second-order valence-corrected chi connectivity index (χ2v) is 4.92. The highest BCUT2D eigenvalue weighted by Crippen LogP contribution is 2.04. The molecule has 0 spiro atoms. The lowest BCUT2D eigenvalue weighted by Gasteiger charge is -2.25. The molecule has 1 aromatic rings. The van der Waals surface area contributed by atoms with Gasteiger partial charge >= 0.3 is 0 Å². The largest absolute Gasteiger partial charge is 0.311 e. The van der Waals surface area contributed by atoms with Crippen LogP contribution in [0, 0.1) is 0 Å². The van der Waals surface area contributed by atoms with Crippen LogP contribution >= 0.6 is 11.3 Å². The number of thiazole rings is 1. The van der Waals surface area contributed by atoms with E-state index in [0.717, 1.165) is 24.6 Å². The van der Waals surface area contributed by atoms with Gasteiger partial charge in [-0.05, 0) is 20.4 Å². The molecule has 2 N–H and O–H groups in total. The average Bonchev–Trinajstić information content (AvgIpc) is 2.56. The molecule has 0 aliphatic rings. The molecule has 3 nitrogen and oxygen atoms in total. The number of hydrogen-bond donors (Lipinski definition) is 2. The van der Waals surface area contributed by atoms with Gasteiger partial charge in [0, 0.05) is 30.2 Å². The van der Waals surface area contributed by atoms with Crippen LogP contribution in [0.25, 0.3) is 0 Å². The number of aromatic nitrogens is 1. The lowest BCUT2D eigenvalue weighted by Crippen LogP contribution is -2.47. The molecular formula is C10H19N3S. The van der Waals surface area contributed by atoms with Gasteiger partial charge in [-0.2, -0.15) is 0 Å². The minimum Gasteiger partial charge on any atom is -0.311 e. The van der Waals surface area contributed by atoms with Crippen molar-refractivity contribution in [3.63, 3.8) is 0 Å².